The molecule has 1 atom stereocenters. The lowest BCUT2D eigenvalue weighted by Gasteiger charge is -2.29. The number of nitrogens with one attached hydrogen (secondary N) is 1. The zero-order chi connectivity index (χ0) is 23.1. The summed E-state index contributed by atoms with van der Waals surface area (Å²) in [5, 5.41) is 9.01. The average molecular weight is 456 g/mol. The number of rotatable bonds is 9. The minimum absolute atomic E-state index is 0.0714. The second-order valence-electron chi connectivity index (χ2n) is 7.98. The van der Waals surface area contributed by atoms with Crippen molar-refractivity contribution in [2.75, 3.05) is 13.7 Å². The van der Waals surface area contributed by atoms with Gasteiger partial charge in [0.25, 0.3) is 0 Å². The van der Waals surface area contributed by atoms with Crippen LogP contribution < -0.4 is 9.46 Å². The molecule has 3 rings (SSSR count). The average Bonchev–Trinajstić information content (AvgIpc) is 3.33. The monoisotopic (exact) mass is 455 g/mol. The standard InChI is InChI=1S/C24H29N3O4S/c1-3-31-21-12-14-22(15-13-21)32(29,30)26-23(16-18-8-10-19(17-25)11-9-18)24(28)27(2)20-6-4-5-7-20/h8-15,20,23,26H,3-7,16H2,1-2H3. The molecule has 0 saturated heterocycles. The predicted molar refractivity (Wildman–Crippen MR) is 122 cm³/mol. The van der Waals surface area contributed by atoms with Gasteiger partial charge in [0, 0.05) is 13.1 Å². The molecule has 1 aliphatic rings. The van der Waals surface area contributed by atoms with Crippen molar-refractivity contribution in [3.63, 3.8) is 0 Å². The molecule has 170 valence electrons. The van der Waals surface area contributed by atoms with Crippen LogP contribution >= 0.6 is 0 Å². The molecule has 1 amide bonds. The van der Waals surface area contributed by atoms with Gasteiger partial charge in [0.2, 0.25) is 15.9 Å². The Balaban J connectivity index is 1.84. The van der Waals surface area contributed by atoms with E-state index in [1.54, 1.807) is 48.3 Å². The van der Waals surface area contributed by atoms with Gasteiger partial charge >= 0.3 is 0 Å². The van der Waals surface area contributed by atoms with E-state index in [9.17, 15) is 13.2 Å². The Morgan fingerprint density at radius 2 is 1.78 bits per heavy atom. The van der Waals surface area contributed by atoms with Gasteiger partial charge in [0.15, 0.2) is 0 Å². The van der Waals surface area contributed by atoms with Crippen LogP contribution in [-0.2, 0) is 21.2 Å². The molecule has 7 nitrogen and oxygen atoms in total. The number of sulfonamides is 1. The molecule has 0 aliphatic heterocycles. The Kier molecular flexibility index (Phi) is 7.89. The van der Waals surface area contributed by atoms with Gasteiger partial charge in [-0.3, -0.25) is 4.79 Å². The van der Waals surface area contributed by atoms with Crippen molar-refractivity contribution in [3.8, 4) is 11.8 Å². The zero-order valence-corrected chi connectivity index (χ0v) is 19.3. The molecule has 32 heavy (non-hydrogen) atoms. The third kappa shape index (κ3) is 5.87. The van der Waals surface area contributed by atoms with Crippen LogP contribution in [0.5, 0.6) is 5.75 Å². The van der Waals surface area contributed by atoms with Gasteiger partial charge in [-0.15, -0.1) is 0 Å². The highest BCUT2D eigenvalue weighted by molar-refractivity contribution is 7.89. The first kappa shape index (κ1) is 23.8. The van der Waals surface area contributed by atoms with Gasteiger partial charge in [-0.25, -0.2) is 8.42 Å². The molecule has 1 N–H and O–H groups in total. The Hall–Kier alpha value is -2.89. The lowest BCUT2D eigenvalue weighted by molar-refractivity contribution is -0.133. The summed E-state index contributed by atoms with van der Waals surface area (Å²) >= 11 is 0. The maximum absolute atomic E-state index is 13.3. The van der Waals surface area contributed by atoms with Crippen molar-refractivity contribution in [3.05, 3.63) is 59.7 Å². The Morgan fingerprint density at radius 3 is 2.34 bits per heavy atom. The summed E-state index contributed by atoms with van der Waals surface area (Å²) in [6, 6.07) is 14.2. The van der Waals surface area contributed by atoms with E-state index in [0.717, 1.165) is 31.2 Å². The fourth-order valence-electron chi connectivity index (χ4n) is 3.98. The molecule has 2 aromatic carbocycles. The van der Waals surface area contributed by atoms with Crippen LogP contribution in [0.1, 0.15) is 43.7 Å². The molecule has 0 aromatic heterocycles. The van der Waals surface area contributed by atoms with Crippen molar-refractivity contribution in [1.82, 2.24) is 9.62 Å². The minimum atomic E-state index is -3.93. The summed E-state index contributed by atoms with van der Waals surface area (Å²) in [7, 11) is -2.19. The number of nitriles is 1. The van der Waals surface area contributed by atoms with Gasteiger partial charge in [-0.2, -0.15) is 9.98 Å². The van der Waals surface area contributed by atoms with Crippen molar-refractivity contribution in [1.29, 1.82) is 5.26 Å². The van der Waals surface area contributed by atoms with E-state index in [2.05, 4.69) is 10.8 Å². The quantitative estimate of drug-likeness (QED) is 0.626. The predicted octanol–water partition coefficient (Wildman–Crippen LogP) is 3.25. The second-order valence-corrected chi connectivity index (χ2v) is 9.69. The minimum Gasteiger partial charge on any atom is -0.494 e. The number of benzene rings is 2. The Labute approximate surface area is 190 Å². The third-order valence-corrected chi connectivity index (χ3v) is 7.27. The topological polar surface area (TPSA) is 99.5 Å². The lowest BCUT2D eigenvalue weighted by Crippen LogP contribution is -2.50. The molecule has 1 saturated carbocycles. The van der Waals surface area contributed by atoms with Crippen LogP contribution in [0, 0.1) is 11.3 Å². The number of carbonyl (C=O) groups is 1. The summed E-state index contributed by atoms with van der Waals surface area (Å²) < 4.78 is 34.2. The molecule has 0 heterocycles. The van der Waals surface area contributed by atoms with E-state index in [1.165, 1.54) is 12.1 Å². The van der Waals surface area contributed by atoms with Crippen molar-refractivity contribution >= 4 is 15.9 Å². The summed E-state index contributed by atoms with van der Waals surface area (Å²) in [6.07, 6.45) is 4.19. The van der Waals surface area contributed by atoms with Crippen molar-refractivity contribution in [2.24, 2.45) is 0 Å². The smallest absolute Gasteiger partial charge is 0.241 e. The molecule has 8 heteroatoms. The first-order valence-corrected chi connectivity index (χ1v) is 12.3. The van der Waals surface area contributed by atoms with Crippen LogP contribution in [0.4, 0.5) is 0 Å². The summed E-state index contributed by atoms with van der Waals surface area (Å²) in [5.74, 6) is 0.327. The number of hydrogen-bond donors (Lipinski definition) is 1. The second kappa shape index (κ2) is 10.6. The Morgan fingerprint density at radius 1 is 1.16 bits per heavy atom. The molecule has 0 spiro atoms. The highest BCUT2D eigenvalue weighted by Crippen LogP contribution is 2.24. The number of hydrogen-bond acceptors (Lipinski definition) is 5. The highest BCUT2D eigenvalue weighted by atomic mass is 32.2. The zero-order valence-electron chi connectivity index (χ0n) is 18.5. The number of amides is 1. The van der Waals surface area contributed by atoms with E-state index < -0.39 is 16.1 Å². The SMILES string of the molecule is CCOc1ccc(S(=O)(=O)NC(Cc2ccc(C#N)cc2)C(=O)N(C)C2CCCC2)cc1. The highest BCUT2D eigenvalue weighted by Gasteiger charge is 2.32. The first-order valence-electron chi connectivity index (χ1n) is 10.8. The molecule has 1 unspecified atom stereocenters. The van der Waals surface area contributed by atoms with Crippen LogP contribution in [0.3, 0.4) is 0 Å². The number of nitrogens with zero attached hydrogens (tertiary/aromatic N) is 2. The fourth-order valence-corrected chi connectivity index (χ4v) is 5.17. The van der Waals surface area contributed by atoms with Crippen molar-refractivity contribution < 1.29 is 17.9 Å². The molecule has 0 bridgehead atoms. The van der Waals surface area contributed by atoms with Gasteiger partial charge in [-0.1, -0.05) is 25.0 Å². The summed E-state index contributed by atoms with van der Waals surface area (Å²) in [5.41, 5.74) is 1.28. The lowest BCUT2D eigenvalue weighted by atomic mass is 10.0. The van der Waals surface area contributed by atoms with Gasteiger partial charge in [0.1, 0.15) is 11.8 Å². The van der Waals surface area contributed by atoms with E-state index in [4.69, 9.17) is 10.00 Å². The van der Waals surface area contributed by atoms with Gasteiger partial charge in [-0.05, 0) is 68.1 Å². The first-order chi connectivity index (χ1) is 15.3. The van der Waals surface area contributed by atoms with E-state index >= 15 is 0 Å². The number of likely N-dealkylation sites (N-methyl/N-ethyl adjacent to an activating group) is 1. The molecular formula is C24H29N3O4S. The molecule has 0 radical (unpaired) electrons. The number of carbonyl (C=O) groups excluding carboxylic acids is 1. The molecule has 1 fully saturated rings. The van der Waals surface area contributed by atoms with Crippen molar-refractivity contribution in [2.45, 2.75) is 56.0 Å². The number of ether oxygens (including phenoxy) is 1. The fraction of sp³-hybridized carbons (Fsp3) is 0.417. The normalized spacial score (nSPS) is 15.2. The summed E-state index contributed by atoms with van der Waals surface area (Å²) in [6.45, 7) is 2.34. The van der Waals surface area contributed by atoms with Crippen LogP contribution in [0.25, 0.3) is 0 Å². The maximum atomic E-state index is 13.3. The van der Waals surface area contributed by atoms with Crippen LogP contribution in [-0.4, -0.2) is 45.0 Å². The molecule has 1 aliphatic carbocycles. The maximum Gasteiger partial charge on any atom is 0.241 e. The van der Waals surface area contributed by atoms with E-state index in [0.29, 0.717) is 17.9 Å². The van der Waals surface area contributed by atoms with Crippen LogP contribution in [0.2, 0.25) is 0 Å². The van der Waals surface area contributed by atoms with Crippen LogP contribution in [0.15, 0.2) is 53.4 Å². The summed E-state index contributed by atoms with van der Waals surface area (Å²) in [4.78, 5) is 15.1. The largest absolute Gasteiger partial charge is 0.494 e. The molecular weight excluding hydrogens is 426 g/mol. The molecule has 2 aromatic rings. The Bertz CT molecular complexity index is 1050. The van der Waals surface area contributed by atoms with E-state index in [-0.39, 0.29) is 23.3 Å². The van der Waals surface area contributed by atoms with Gasteiger partial charge in [0.05, 0.1) is 23.1 Å². The third-order valence-electron chi connectivity index (χ3n) is 5.78. The van der Waals surface area contributed by atoms with E-state index in [1.807, 2.05) is 6.92 Å². The van der Waals surface area contributed by atoms with Gasteiger partial charge < -0.3 is 9.64 Å².